The highest BCUT2D eigenvalue weighted by Gasteiger charge is 2.24. The fourth-order valence-electron chi connectivity index (χ4n) is 3.11. The maximum absolute atomic E-state index is 12.9. The van der Waals surface area contributed by atoms with E-state index in [4.69, 9.17) is 13.9 Å². The molecule has 1 amide bonds. The summed E-state index contributed by atoms with van der Waals surface area (Å²) in [5.41, 5.74) is 2.15. The molecule has 6 heteroatoms. The van der Waals surface area contributed by atoms with E-state index in [2.05, 4.69) is 5.32 Å². The number of carbonyl (C=O) groups is 2. The Morgan fingerprint density at radius 3 is 2.64 bits per heavy atom. The Hall–Kier alpha value is -3.28. The molecule has 3 aromatic rings. The van der Waals surface area contributed by atoms with Gasteiger partial charge in [-0.3, -0.25) is 9.59 Å². The van der Waals surface area contributed by atoms with Gasteiger partial charge in [-0.25, -0.2) is 0 Å². The Bertz CT molecular complexity index is 992. The summed E-state index contributed by atoms with van der Waals surface area (Å²) in [5, 5.41) is 3.79. The molecular weight excluding hydrogens is 358 g/mol. The number of furan rings is 1. The van der Waals surface area contributed by atoms with Crippen molar-refractivity contribution in [2.45, 2.75) is 26.3 Å². The highest BCUT2D eigenvalue weighted by Crippen LogP contribution is 2.27. The predicted octanol–water partition coefficient (Wildman–Crippen LogP) is 4.17. The summed E-state index contributed by atoms with van der Waals surface area (Å²) in [5.74, 6) is 0.0984. The molecule has 1 atom stereocenters. The lowest BCUT2D eigenvalue weighted by molar-refractivity contribution is -0.143. The van der Waals surface area contributed by atoms with Gasteiger partial charge in [0, 0.05) is 10.9 Å². The first-order valence-corrected chi connectivity index (χ1v) is 9.12. The van der Waals surface area contributed by atoms with Crippen molar-refractivity contribution in [3.8, 4) is 5.75 Å². The minimum Gasteiger partial charge on any atom is -0.497 e. The Balaban J connectivity index is 1.89. The monoisotopic (exact) mass is 381 g/mol. The van der Waals surface area contributed by atoms with Gasteiger partial charge < -0.3 is 19.2 Å². The van der Waals surface area contributed by atoms with Crippen molar-refractivity contribution >= 4 is 22.8 Å². The van der Waals surface area contributed by atoms with Crippen LogP contribution in [-0.4, -0.2) is 25.6 Å². The third-order valence-corrected chi connectivity index (χ3v) is 4.53. The van der Waals surface area contributed by atoms with E-state index in [0.717, 1.165) is 16.5 Å². The van der Waals surface area contributed by atoms with Crippen molar-refractivity contribution in [1.82, 2.24) is 5.32 Å². The number of hydrogen-bond donors (Lipinski definition) is 1. The lowest BCUT2D eigenvalue weighted by Gasteiger charge is -2.18. The summed E-state index contributed by atoms with van der Waals surface area (Å²) in [6.07, 6.45) is 0.00598. The average molecular weight is 381 g/mol. The Morgan fingerprint density at radius 1 is 1.14 bits per heavy atom. The van der Waals surface area contributed by atoms with E-state index in [1.165, 1.54) is 0 Å². The summed E-state index contributed by atoms with van der Waals surface area (Å²) >= 11 is 0. The Kier molecular flexibility index (Phi) is 5.99. The van der Waals surface area contributed by atoms with E-state index in [1.807, 2.05) is 43.3 Å². The number of ether oxygens (including phenoxy) is 2. The van der Waals surface area contributed by atoms with Crippen LogP contribution in [0.15, 0.2) is 52.9 Å². The Labute approximate surface area is 163 Å². The van der Waals surface area contributed by atoms with Crippen LogP contribution in [0, 0.1) is 6.92 Å². The van der Waals surface area contributed by atoms with E-state index < -0.39 is 12.0 Å². The van der Waals surface area contributed by atoms with Gasteiger partial charge in [0.15, 0.2) is 5.76 Å². The lowest BCUT2D eigenvalue weighted by atomic mass is 10.0. The predicted molar refractivity (Wildman–Crippen MR) is 105 cm³/mol. The van der Waals surface area contributed by atoms with Gasteiger partial charge in [0.2, 0.25) is 0 Å². The van der Waals surface area contributed by atoms with Crippen LogP contribution in [0.4, 0.5) is 0 Å². The van der Waals surface area contributed by atoms with E-state index in [0.29, 0.717) is 11.3 Å². The first-order chi connectivity index (χ1) is 13.5. The molecule has 2 aromatic carbocycles. The molecule has 0 saturated heterocycles. The van der Waals surface area contributed by atoms with Gasteiger partial charge in [-0.1, -0.05) is 30.3 Å². The molecule has 0 aliphatic carbocycles. The van der Waals surface area contributed by atoms with Crippen molar-refractivity contribution in [1.29, 1.82) is 0 Å². The van der Waals surface area contributed by atoms with Crippen molar-refractivity contribution in [2.75, 3.05) is 13.7 Å². The largest absolute Gasteiger partial charge is 0.497 e. The minimum atomic E-state index is -0.575. The molecule has 146 valence electrons. The number of benzene rings is 2. The van der Waals surface area contributed by atoms with Crippen LogP contribution in [0.3, 0.4) is 0 Å². The van der Waals surface area contributed by atoms with Crippen LogP contribution in [0.1, 0.15) is 41.1 Å². The van der Waals surface area contributed by atoms with Crippen LogP contribution in [0.5, 0.6) is 5.75 Å². The quantitative estimate of drug-likeness (QED) is 0.622. The summed E-state index contributed by atoms with van der Waals surface area (Å²) in [7, 11) is 1.57. The number of rotatable bonds is 7. The van der Waals surface area contributed by atoms with Crippen LogP contribution in [-0.2, 0) is 9.53 Å². The smallest absolute Gasteiger partial charge is 0.308 e. The fourth-order valence-corrected chi connectivity index (χ4v) is 3.11. The number of para-hydroxylation sites is 1. The second-order valence-electron chi connectivity index (χ2n) is 6.36. The molecule has 0 radical (unpaired) electrons. The van der Waals surface area contributed by atoms with Crippen molar-refractivity contribution < 1.29 is 23.5 Å². The van der Waals surface area contributed by atoms with E-state index in [1.54, 1.807) is 26.2 Å². The second-order valence-corrected chi connectivity index (χ2v) is 6.36. The highest BCUT2D eigenvalue weighted by molar-refractivity contribution is 5.99. The molecule has 1 unspecified atom stereocenters. The first kappa shape index (κ1) is 19.5. The molecular formula is C22H23NO5. The van der Waals surface area contributed by atoms with Gasteiger partial charge in [-0.05, 0) is 37.6 Å². The van der Waals surface area contributed by atoms with E-state index in [9.17, 15) is 9.59 Å². The third kappa shape index (κ3) is 4.17. The van der Waals surface area contributed by atoms with Gasteiger partial charge in [0.05, 0.1) is 26.2 Å². The SMILES string of the molecule is CCOC(=O)CC(NC(=O)c1oc2ccccc2c1C)c1cccc(OC)c1. The van der Waals surface area contributed by atoms with Gasteiger partial charge >= 0.3 is 5.97 Å². The zero-order valence-electron chi connectivity index (χ0n) is 16.2. The van der Waals surface area contributed by atoms with Gasteiger partial charge in [-0.2, -0.15) is 0 Å². The zero-order chi connectivity index (χ0) is 20.1. The first-order valence-electron chi connectivity index (χ1n) is 9.12. The van der Waals surface area contributed by atoms with Gasteiger partial charge in [-0.15, -0.1) is 0 Å². The van der Waals surface area contributed by atoms with Crippen LogP contribution < -0.4 is 10.1 Å². The summed E-state index contributed by atoms with van der Waals surface area (Å²) in [4.78, 5) is 25.0. The second kappa shape index (κ2) is 8.61. The maximum atomic E-state index is 12.9. The maximum Gasteiger partial charge on any atom is 0.308 e. The van der Waals surface area contributed by atoms with E-state index in [-0.39, 0.29) is 24.7 Å². The minimum absolute atomic E-state index is 0.00598. The van der Waals surface area contributed by atoms with Gasteiger partial charge in [0.1, 0.15) is 11.3 Å². The summed E-state index contributed by atoms with van der Waals surface area (Å²) in [6.45, 7) is 3.86. The number of fused-ring (bicyclic) bond motifs is 1. The molecule has 0 saturated carbocycles. The van der Waals surface area contributed by atoms with Crippen LogP contribution >= 0.6 is 0 Å². The topological polar surface area (TPSA) is 77.8 Å². The van der Waals surface area contributed by atoms with Crippen LogP contribution in [0.2, 0.25) is 0 Å². The molecule has 1 aromatic heterocycles. The van der Waals surface area contributed by atoms with Crippen molar-refractivity contribution in [3.63, 3.8) is 0 Å². The molecule has 28 heavy (non-hydrogen) atoms. The molecule has 0 aliphatic heterocycles. The molecule has 6 nitrogen and oxygen atoms in total. The third-order valence-electron chi connectivity index (χ3n) is 4.53. The number of methoxy groups -OCH3 is 1. The summed E-state index contributed by atoms with van der Waals surface area (Å²) in [6, 6.07) is 14.1. The molecule has 1 heterocycles. The molecule has 0 spiro atoms. The molecule has 1 N–H and O–H groups in total. The van der Waals surface area contributed by atoms with Gasteiger partial charge in [0.25, 0.3) is 5.91 Å². The number of carbonyl (C=O) groups excluding carboxylic acids is 2. The zero-order valence-corrected chi connectivity index (χ0v) is 16.2. The standard InChI is InChI=1S/C22H23NO5/c1-4-27-20(24)13-18(15-8-7-9-16(12-15)26-3)23-22(25)21-14(2)17-10-5-6-11-19(17)28-21/h5-12,18H,4,13H2,1-3H3,(H,23,25). The van der Waals surface area contributed by atoms with E-state index >= 15 is 0 Å². The van der Waals surface area contributed by atoms with Crippen molar-refractivity contribution in [2.24, 2.45) is 0 Å². The molecule has 0 fully saturated rings. The fraction of sp³-hybridized carbons (Fsp3) is 0.273. The molecule has 3 rings (SSSR count). The summed E-state index contributed by atoms with van der Waals surface area (Å²) < 4.78 is 16.1. The number of aryl methyl sites for hydroxylation is 1. The highest BCUT2D eigenvalue weighted by atomic mass is 16.5. The van der Waals surface area contributed by atoms with Crippen molar-refractivity contribution in [3.05, 3.63) is 65.4 Å². The number of hydrogen-bond acceptors (Lipinski definition) is 5. The lowest BCUT2D eigenvalue weighted by Crippen LogP contribution is -2.30. The normalized spacial score (nSPS) is 11.8. The van der Waals surface area contributed by atoms with Crippen LogP contribution in [0.25, 0.3) is 11.0 Å². The number of esters is 1. The Morgan fingerprint density at radius 2 is 1.93 bits per heavy atom. The number of amides is 1. The molecule has 0 bridgehead atoms. The number of nitrogens with one attached hydrogen (secondary N) is 1. The average Bonchev–Trinajstić information content (AvgIpc) is 3.05. The molecule has 0 aliphatic rings.